The zero-order valence-electron chi connectivity index (χ0n) is 34.0. The van der Waals surface area contributed by atoms with Crippen LogP contribution in [-0.4, -0.2) is 115 Å². The summed E-state index contributed by atoms with van der Waals surface area (Å²) in [7, 11) is 0. The topological polar surface area (TPSA) is 350 Å². The van der Waals surface area contributed by atoms with E-state index in [4.69, 9.17) is 10.5 Å². The van der Waals surface area contributed by atoms with Crippen molar-refractivity contribution in [1.82, 2.24) is 21.3 Å². The summed E-state index contributed by atoms with van der Waals surface area (Å²) in [6, 6.07) is 9.41. The van der Waals surface area contributed by atoms with Gasteiger partial charge < -0.3 is 62.6 Å². The highest BCUT2D eigenvalue weighted by molar-refractivity contribution is 6.37. The third-order valence-corrected chi connectivity index (χ3v) is 10.9. The lowest BCUT2D eigenvalue weighted by Gasteiger charge is -2.40. The molecule has 5 rings (SSSR count). The van der Waals surface area contributed by atoms with E-state index in [9.17, 15) is 68.7 Å². The predicted molar refractivity (Wildman–Crippen MR) is 216 cm³/mol. The highest BCUT2D eigenvalue weighted by atomic mass is 16.5. The molecule has 2 heterocycles. The summed E-state index contributed by atoms with van der Waals surface area (Å²) in [4.78, 5) is 122. The lowest BCUT2D eigenvalue weighted by molar-refractivity contribution is -0.179. The second-order valence-electron chi connectivity index (χ2n) is 15.2. The van der Waals surface area contributed by atoms with Crippen molar-refractivity contribution in [3.8, 4) is 16.9 Å². The molecule has 12 N–H and O–H groups in total. The highest BCUT2D eigenvalue weighted by Gasteiger charge is 2.67. The Hall–Kier alpha value is -7.23. The Morgan fingerprint density at radius 2 is 1.63 bits per heavy atom. The maximum absolute atomic E-state index is 14.6. The van der Waals surface area contributed by atoms with Crippen LogP contribution in [0.3, 0.4) is 0 Å². The van der Waals surface area contributed by atoms with Crippen LogP contribution in [-0.2, 0) is 66.5 Å². The molecular formula is C42H46N6O15. The molecule has 6 bridgehead atoms. The number of phenols is 1. The summed E-state index contributed by atoms with van der Waals surface area (Å²) >= 11 is 0. The normalized spacial score (nSPS) is 23.4. The fourth-order valence-corrected chi connectivity index (χ4v) is 7.09. The number of primary amides is 1. The molecule has 3 aromatic rings. The van der Waals surface area contributed by atoms with Gasteiger partial charge in [-0.1, -0.05) is 68.4 Å². The van der Waals surface area contributed by atoms with Crippen LogP contribution >= 0.6 is 0 Å². The predicted octanol–water partition coefficient (Wildman–Crippen LogP) is -1.88. The fraction of sp³-hybridized carbons (Fsp3) is 0.357. The summed E-state index contributed by atoms with van der Waals surface area (Å²) in [5.74, 6) is -15.1. The van der Waals surface area contributed by atoms with E-state index in [0.29, 0.717) is 5.56 Å². The van der Waals surface area contributed by atoms with Crippen molar-refractivity contribution in [3.05, 3.63) is 83.4 Å². The Labute approximate surface area is 358 Å². The number of fused-ring (bicyclic) bond motifs is 3. The second-order valence-corrected chi connectivity index (χ2v) is 15.2. The quantitative estimate of drug-likeness (QED) is 0.0509. The van der Waals surface area contributed by atoms with Crippen molar-refractivity contribution in [1.29, 1.82) is 0 Å². The number of aromatic hydroxyl groups is 1. The Morgan fingerprint density at radius 1 is 0.952 bits per heavy atom. The number of carboxylic acids is 1. The number of Topliss-reactive ketones (excluding diaryl/α,β-unsaturated/α-hetero) is 1. The molecule has 21 heteroatoms. The number of rotatable bonds is 13. The first-order valence-corrected chi connectivity index (χ1v) is 19.5. The molecule has 6 amide bonds. The van der Waals surface area contributed by atoms with Crippen molar-refractivity contribution in [3.63, 3.8) is 0 Å². The summed E-state index contributed by atoms with van der Waals surface area (Å²) in [6.07, 6.45) is -6.51. The Morgan fingerprint density at radius 3 is 2.25 bits per heavy atom. The van der Waals surface area contributed by atoms with Crippen LogP contribution in [0.25, 0.3) is 11.1 Å². The van der Waals surface area contributed by atoms with Gasteiger partial charge in [0.05, 0.1) is 18.2 Å². The van der Waals surface area contributed by atoms with Gasteiger partial charge in [0.25, 0.3) is 17.7 Å². The number of hydrogen-bond donors (Lipinski definition) is 11. The van der Waals surface area contributed by atoms with Crippen LogP contribution < -0.4 is 32.3 Å². The highest BCUT2D eigenvalue weighted by Crippen LogP contribution is 2.47. The number of aliphatic hydroxyl groups excluding tert-OH is 2. The maximum Gasteiger partial charge on any atom is 0.342 e. The van der Waals surface area contributed by atoms with E-state index < -0.39 is 131 Å². The van der Waals surface area contributed by atoms with Crippen LogP contribution in [0.4, 0.5) is 5.69 Å². The molecular weight excluding hydrogens is 828 g/mol. The van der Waals surface area contributed by atoms with Crippen molar-refractivity contribution in [2.45, 2.75) is 88.1 Å². The van der Waals surface area contributed by atoms with Gasteiger partial charge >= 0.3 is 11.9 Å². The van der Waals surface area contributed by atoms with Crippen molar-refractivity contribution >= 4 is 58.9 Å². The monoisotopic (exact) mass is 874 g/mol. The third kappa shape index (κ3) is 9.34. The zero-order valence-corrected chi connectivity index (χ0v) is 34.0. The van der Waals surface area contributed by atoms with Gasteiger partial charge in [-0.25, -0.2) is 9.59 Å². The first-order valence-electron chi connectivity index (χ1n) is 19.5. The molecule has 63 heavy (non-hydrogen) atoms. The van der Waals surface area contributed by atoms with Gasteiger partial charge in [0.1, 0.15) is 30.5 Å². The Balaban J connectivity index is 1.72. The molecule has 0 saturated carbocycles. The van der Waals surface area contributed by atoms with Gasteiger partial charge in [-0.2, -0.15) is 0 Å². The van der Waals surface area contributed by atoms with E-state index in [-0.39, 0.29) is 28.8 Å². The van der Waals surface area contributed by atoms with Crippen LogP contribution in [0.1, 0.15) is 50.3 Å². The number of carboxylic acid groups (broad SMARTS) is 1. The number of carbonyl (C=O) groups is 9. The van der Waals surface area contributed by atoms with E-state index in [1.807, 2.05) is 5.32 Å². The number of anilines is 1. The second kappa shape index (κ2) is 18.8. The number of aliphatic hydroxyl groups is 3. The van der Waals surface area contributed by atoms with Crippen LogP contribution in [0.5, 0.6) is 5.75 Å². The Kier molecular flexibility index (Phi) is 14.0. The van der Waals surface area contributed by atoms with Gasteiger partial charge in [-0.3, -0.25) is 33.6 Å². The lowest BCUT2D eigenvalue weighted by Crippen LogP contribution is -2.77. The van der Waals surface area contributed by atoms with E-state index in [2.05, 4.69) is 16.0 Å². The molecule has 8 atom stereocenters. The average Bonchev–Trinajstić information content (AvgIpc) is 3.51. The minimum atomic E-state index is -3.98. The number of amides is 6. The Bertz CT molecular complexity index is 2360. The van der Waals surface area contributed by atoms with Crippen LogP contribution in [0.15, 0.2) is 66.7 Å². The number of aliphatic carboxylic acids is 1. The van der Waals surface area contributed by atoms with E-state index in [1.165, 1.54) is 37.3 Å². The van der Waals surface area contributed by atoms with Crippen LogP contribution in [0.2, 0.25) is 0 Å². The smallest absolute Gasteiger partial charge is 0.342 e. The molecule has 0 fully saturated rings. The number of hydrogen-bond acceptors (Lipinski definition) is 14. The molecule has 0 spiro atoms. The number of benzene rings is 3. The molecule has 0 aliphatic carbocycles. The molecule has 0 radical (unpaired) electrons. The molecule has 2 aliphatic heterocycles. The molecule has 1 unspecified atom stereocenters. The number of nitrogens with two attached hydrogens (primary N) is 1. The summed E-state index contributed by atoms with van der Waals surface area (Å²) in [6.45, 7) is 3.71. The maximum atomic E-state index is 14.6. The van der Waals surface area contributed by atoms with Crippen molar-refractivity contribution in [2.24, 2.45) is 11.7 Å². The van der Waals surface area contributed by atoms with Crippen LogP contribution in [0, 0.1) is 5.92 Å². The van der Waals surface area contributed by atoms with Gasteiger partial charge in [0.2, 0.25) is 29.0 Å². The summed E-state index contributed by atoms with van der Waals surface area (Å²) in [5.41, 5.74) is -2.42. The first-order chi connectivity index (χ1) is 29.7. The van der Waals surface area contributed by atoms with Crippen molar-refractivity contribution in [2.75, 3.05) is 5.32 Å². The van der Waals surface area contributed by atoms with Gasteiger partial charge in [0, 0.05) is 29.0 Å². The molecule has 0 aromatic heterocycles. The minimum absolute atomic E-state index is 0.0568. The average molecular weight is 875 g/mol. The number of ether oxygens (including phenoxy) is 1. The molecule has 2 aliphatic rings. The van der Waals surface area contributed by atoms with E-state index in [1.54, 1.807) is 42.6 Å². The van der Waals surface area contributed by atoms with Gasteiger partial charge in [-0.05, 0) is 36.6 Å². The lowest BCUT2D eigenvalue weighted by atomic mass is 9.76. The van der Waals surface area contributed by atoms with Crippen molar-refractivity contribution < 1.29 is 73.4 Å². The third-order valence-electron chi connectivity index (χ3n) is 10.9. The standard InChI is InChI=1S/C42H46N6O15/c1-4-19(2)32(52)35(55)45-26-16-22-13-14-28(50)24(15-22)23-11-8-12-25-31(23)47-39(59)42(25,62)37(57)41(40(60)61,48-34(54)27(17-29(43)51)44-33(26)53)38(58)46-30(20(3)49)36(56)63-18-21-9-6-5-7-10-21/h5-15,19-20,26-27,30,37,49-50,57,62H,4,16-18H2,1-3H3,(H2,43,51)(H,44,53)(H,45,55)(H,46,58)(H,47,59)(H,48,54)(H,60,61)/t19?,20-,26-,27-,30-,37+,41-,42-/m0/s1. The minimum Gasteiger partial charge on any atom is -0.507 e. The summed E-state index contributed by atoms with van der Waals surface area (Å²) < 4.78 is 5.23. The van der Waals surface area contributed by atoms with Gasteiger partial charge in [0.15, 0.2) is 11.6 Å². The number of para-hydroxylation sites is 1. The number of carbonyl (C=O) groups excluding carboxylic acids is 8. The van der Waals surface area contributed by atoms with E-state index >= 15 is 0 Å². The molecule has 334 valence electrons. The summed E-state index contributed by atoms with van der Waals surface area (Å²) in [5, 5.41) is 67.6. The largest absolute Gasteiger partial charge is 0.507 e. The molecule has 0 saturated heterocycles. The SMILES string of the molecule is CCC(C)C(=O)C(=O)N[C@H]1Cc2ccc(O)c(c2)-c2cccc3c2NC(=O)[C@@]3(O)[C@H](O)[C@@](C(=O)O)(C(=O)N[C@H](C(=O)OCc2ccccc2)[C@H](C)O)NC(=O)[C@H](CC(N)=O)NC1=O. The fourth-order valence-electron chi connectivity index (χ4n) is 7.09. The number of phenolic OH excluding ortho intramolecular Hbond substituents is 1. The molecule has 3 aromatic carbocycles. The molecule has 21 nitrogen and oxygen atoms in total. The number of nitrogens with one attached hydrogen (secondary N) is 5. The zero-order chi connectivity index (χ0) is 46.6. The van der Waals surface area contributed by atoms with E-state index in [0.717, 1.165) is 13.0 Å². The first kappa shape index (κ1) is 46.8. The number of ketones is 1. The number of esters is 1. The van der Waals surface area contributed by atoms with Gasteiger partial charge in [-0.15, -0.1) is 0 Å².